The number of morpholine rings is 1. The molecule has 11 heteroatoms. The first-order valence-electron chi connectivity index (χ1n) is 9.20. The van der Waals surface area contributed by atoms with E-state index in [1.807, 2.05) is 31.4 Å². The average Bonchev–Trinajstić information content (AvgIpc) is 3.39. The van der Waals surface area contributed by atoms with Crippen LogP contribution in [0.5, 0.6) is 5.88 Å². The lowest BCUT2D eigenvalue weighted by Crippen LogP contribution is -2.50. The molecular weight excluding hydrogens is 412 g/mol. The smallest absolute Gasteiger partial charge is 0.256 e. The largest absolute Gasteiger partial charge is 0.475 e. The third-order valence-electron chi connectivity index (χ3n) is 4.41. The molecule has 1 atom stereocenters. The molecule has 1 aliphatic rings. The van der Waals surface area contributed by atoms with E-state index in [-0.39, 0.29) is 6.10 Å². The summed E-state index contributed by atoms with van der Waals surface area (Å²) in [7, 11) is 0. The molecule has 0 spiro atoms. The normalized spacial score (nSPS) is 16.9. The highest BCUT2D eigenvalue weighted by molar-refractivity contribution is 7.98. The Balaban J connectivity index is 1.35. The molecule has 0 radical (unpaired) electrons. The lowest BCUT2D eigenvalue weighted by Gasteiger charge is -2.34. The van der Waals surface area contributed by atoms with Gasteiger partial charge in [0, 0.05) is 24.8 Å². The van der Waals surface area contributed by atoms with E-state index >= 15 is 0 Å². The van der Waals surface area contributed by atoms with Crippen LogP contribution < -0.4 is 10.1 Å². The Morgan fingerprint density at radius 1 is 1.45 bits per heavy atom. The Hall–Kier alpha value is -2.37. The van der Waals surface area contributed by atoms with Crippen LogP contribution in [0.15, 0.2) is 34.0 Å². The van der Waals surface area contributed by atoms with Gasteiger partial charge in [-0.3, -0.25) is 0 Å². The maximum absolute atomic E-state index is 6.03. The second-order valence-corrected chi connectivity index (χ2v) is 7.69. The number of ether oxygens (including phenoxy) is 2. The molecule has 1 saturated heterocycles. The van der Waals surface area contributed by atoms with Crippen LogP contribution in [-0.2, 0) is 11.3 Å². The fourth-order valence-corrected chi connectivity index (χ4v) is 3.57. The molecule has 0 aromatic carbocycles. The van der Waals surface area contributed by atoms with Gasteiger partial charge in [0.25, 0.3) is 5.78 Å². The average molecular weight is 435 g/mol. The number of hydrogen-bond donors (Lipinski definition) is 1. The molecule has 9 nitrogen and oxygen atoms in total. The molecule has 3 aromatic rings. The van der Waals surface area contributed by atoms with E-state index in [0.717, 1.165) is 18.0 Å². The van der Waals surface area contributed by atoms with E-state index < -0.39 is 0 Å². The van der Waals surface area contributed by atoms with E-state index in [2.05, 4.69) is 25.3 Å². The Labute approximate surface area is 177 Å². The van der Waals surface area contributed by atoms with Crippen LogP contribution in [-0.4, -0.2) is 68.3 Å². The predicted octanol–water partition coefficient (Wildman–Crippen LogP) is 1.90. The molecule has 0 aliphatic carbocycles. The number of thiocarbonyl (C=S) groups is 1. The predicted molar refractivity (Wildman–Crippen MR) is 112 cm³/mol. The standard InChI is InChI=1S/C18H22N6O3S2/c1-12-8-15(24-16(20-12)21-17(22-24)29-2)27-11-14-10-23(5-7-26-14)18(28)19-9-13-4-3-6-25-13/h3-4,6,8,14H,5,7,9-11H2,1-2H3,(H,19,28). The summed E-state index contributed by atoms with van der Waals surface area (Å²) in [6.07, 6.45) is 3.46. The van der Waals surface area contributed by atoms with Crippen LogP contribution in [0, 0.1) is 6.92 Å². The van der Waals surface area contributed by atoms with Crippen molar-refractivity contribution in [1.29, 1.82) is 0 Å². The van der Waals surface area contributed by atoms with Crippen LogP contribution in [0.3, 0.4) is 0 Å². The first-order valence-corrected chi connectivity index (χ1v) is 10.8. The van der Waals surface area contributed by atoms with Gasteiger partial charge in [-0.15, -0.1) is 5.10 Å². The first kappa shape index (κ1) is 19.9. The summed E-state index contributed by atoms with van der Waals surface area (Å²) in [5, 5.41) is 8.97. The summed E-state index contributed by atoms with van der Waals surface area (Å²) >= 11 is 6.98. The van der Waals surface area contributed by atoms with Crippen molar-refractivity contribution >= 4 is 34.9 Å². The zero-order valence-electron chi connectivity index (χ0n) is 16.2. The zero-order chi connectivity index (χ0) is 20.2. The van der Waals surface area contributed by atoms with Gasteiger partial charge in [-0.25, -0.2) is 4.98 Å². The van der Waals surface area contributed by atoms with Crippen LogP contribution >= 0.6 is 24.0 Å². The fraction of sp³-hybridized carbons (Fsp3) is 0.444. The van der Waals surface area contributed by atoms with Crippen molar-refractivity contribution in [2.75, 3.05) is 32.6 Å². The number of rotatable bonds is 6. The van der Waals surface area contributed by atoms with Crippen LogP contribution in [0.4, 0.5) is 0 Å². The number of nitrogens with zero attached hydrogens (tertiary/aromatic N) is 5. The van der Waals surface area contributed by atoms with Gasteiger partial charge in [-0.2, -0.15) is 9.50 Å². The van der Waals surface area contributed by atoms with Gasteiger partial charge in [-0.1, -0.05) is 11.8 Å². The number of hydrogen-bond acceptors (Lipinski definition) is 8. The Bertz CT molecular complexity index is 978. The summed E-state index contributed by atoms with van der Waals surface area (Å²) in [5.41, 5.74) is 0.821. The molecule has 0 bridgehead atoms. The van der Waals surface area contributed by atoms with Crippen molar-refractivity contribution in [3.63, 3.8) is 0 Å². The fourth-order valence-electron chi connectivity index (χ4n) is 3.00. The molecule has 4 rings (SSSR count). The van der Waals surface area contributed by atoms with Crippen LogP contribution in [0.2, 0.25) is 0 Å². The topological polar surface area (TPSA) is 90.0 Å². The molecule has 1 N–H and O–H groups in total. The number of nitrogens with one attached hydrogen (secondary N) is 1. The highest BCUT2D eigenvalue weighted by Gasteiger charge is 2.23. The van der Waals surface area contributed by atoms with Gasteiger partial charge in [0.2, 0.25) is 11.0 Å². The van der Waals surface area contributed by atoms with Crippen molar-refractivity contribution in [3.05, 3.63) is 35.9 Å². The van der Waals surface area contributed by atoms with Crippen molar-refractivity contribution < 1.29 is 13.9 Å². The number of thioether (sulfide) groups is 1. The van der Waals surface area contributed by atoms with Gasteiger partial charge < -0.3 is 24.1 Å². The number of fused-ring (bicyclic) bond motifs is 1. The number of aryl methyl sites for hydroxylation is 1. The van der Waals surface area contributed by atoms with E-state index in [0.29, 0.717) is 48.2 Å². The van der Waals surface area contributed by atoms with E-state index in [1.165, 1.54) is 11.8 Å². The highest BCUT2D eigenvalue weighted by Crippen LogP contribution is 2.18. The summed E-state index contributed by atoms with van der Waals surface area (Å²) < 4.78 is 18.8. The molecule has 154 valence electrons. The molecule has 0 amide bonds. The Morgan fingerprint density at radius 2 is 2.34 bits per heavy atom. The summed E-state index contributed by atoms with van der Waals surface area (Å²) in [5.74, 6) is 1.97. The van der Waals surface area contributed by atoms with Gasteiger partial charge in [0.05, 0.1) is 19.4 Å². The molecule has 3 aromatic heterocycles. The van der Waals surface area contributed by atoms with Gasteiger partial charge in [0.1, 0.15) is 18.5 Å². The summed E-state index contributed by atoms with van der Waals surface area (Å²) in [6.45, 7) is 4.81. The minimum absolute atomic E-state index is 0.112. The molecule has 1 aliphatic heterocycles. The lowest BCUT2D eigenvalue weighted by molar-refractivity contribution is -0.0299. The van der Waals surface area contributed by atoms with Gasteiger partial charge in [-0.05, 0) is 37.5 Å². The SMILES string of the molecule is CSc1nc2nc(C)cc(OCC3CN(C(=S)NCc4ccco4)CCO3)n2n1. The van der Waals surface area contributed by atoms with E-state index in [4.69, 9.17) is 26.1 Å². The maximum atomic E-state index is 6.03. The second kappa shape index (κ2) is 8.97. The monoisotopic (exact) mass is 434 g/mol. The van der Waals surface area contributed by atoms with Gasteiger partial charge >= 0.3 is 0 Å². The van der Waals surface area contributed by atoms with Crippen molar-refractivity contribution in [1.82, 2.24) is 29.8 Å². The molecular formula is C18H22N6O3S2. The quantitative estimate of drug-likeness (QED) is 0.458. The summed E-state index contributed by atoms with van der Waals surface area (Å²) in [4.78, 5) is 10.9. The number of aromatic nitrogens is 4. The Kier molecular flexibility index (Phi) is 6.16. The molecule has 4 heterocycles. The minimum Gasteiger partial charge on any atom is -0.475 e. The minimum atomic E-state index is -0.112. The highest BCUT2D eigenvalue weighted by atomic mass is 32.2. The zero-order valence-corrected chi connectivity index (χ0v) is 17.8. The van der Waals surface area contributed by atoms with Crippen molar-refractivity contribution in [2.45, 2.75) is 24.7 Å². The second-order valence-electron chi connectivity index (χ2n) is 6.53. The molecule has 1 fully saturated rings. The van der Waals surface area contributed by atoms with Gasteiger partial charge in [0.15, 0.2) is 5.11 Å². The molecule has 1 unspecified atom stereocenters. The Morgan fingerprint density at radius 3 is 3.14 bits per heavy atom. The van der Waals surface area contributed by atoms with Crippen molar-refractivity contribution in [2.24, 2.45) is 0 Å². The number of furan rings is 1. The first-order chi connectivity index (χ1) is 14.1. The third-order valence-corrected chi connectivity index (χ3v) is 5.35. The molecule has 29 heavy (non-hydrogen) atoms. The lowest BCUT2D eigenvalue weighted by atomic mass is 10.3. The van der Waals surface area contributed by atoms with E-state index in [9.17, 15) is 0 Å². The van der Waals surface area contributed by atoms with Crippen LogP contribution in [0.25, 0.3) is 5.78 Å². The van der Waals surface area contributed by atoms with E-state index in [1.54, 1.807) is 10.8 Å². The van der Waals surface area contributed by atoms with Crippen molar-refractivity contribution in [3.8, 4) is 5.88 Å². The third kappa shape index (κ3) is 4.80. The maximum Gasteiger partial charge on any atom is 0.256 e. The summed E-state index contributed by atoms with van der Waals surface area (Å²) in [6, 6.07) is 5.62. The van der Waals surface area contributed by atoms with Crippen LogP contribution in [0.1, 0.15) is 11.5 Å². The molecule has 0 saturated carbocycles.